The highest BCUT2D eigenvalue weighted by molar-refractivity contribution is 6.49. The van der Waals surface area contributed by atoms with E-state index in [4.69, 9.17) is 15.6 Å². The van der Waals surface area contributed by atoms with Crippen molar-refractivity contribution in [3.63, 3.8) is 0 Å². The van der Waals surface area contributed by atoms with E-state index >= 15 is 0 Å². The predicted molar refractivity (Wildman–Crippen MR) is 99.7 cm³/mol. The largest absolute Gasteiger partial charge is 0.506 e. The summed E-state index contributed by atoms with van der Waals surface area (Å²) < 4.78 is 5.08. The lowest BCUT2D eigenvalue weighted by Crippen LogP contribution is -2.19. The van der Waals surface area contributed by atoms with Crippen molar-refractivity contribution in [3.05, 3.63) is 47.4 Å². The van der Waals surface area contributed by atoms with Gasteiger partial charge in [0.25, 0.3) is 0 Å². The van der Waals surface area contributed by atoms with Gasteiger partial charge in [0.15, 0.2) is 0 Å². The van der Waals surface area contributed by atoms with Crippen molar-refractivity contribution in [1.82, 2.24) is 0 Å². The summed E-state index contributed by atoms with van der Waals surface area (Å²) in [5.41, 5.74) is 8.48. The molecule has 1 aliphatic carbocycles. The van der Waals surface area contributed by atoms with Crippen molar-refractivity contribution in [2.24, 2.45) is 4.99 Å². The van der Waals surface area contributed by atoms with Gasteiger partial charge in [0, 0.05) is 30.1 Å². The standard InChI is InChI=1S/C16H19N3O4.C2H6/c1-23-9-10-6-11(2-3-12(10)17)19-14-7-13(18-4-5-20)15(21)8-16(14)22;1-2/h2-3,6-8,19-20,22H,4-5,9,17H2,1H3;1-2H3. The number of nitrogen functional groups attached to an aromatic ring is 1. The number of nitrogens with zero attached hydrogens (tertiary/aromatic N) is 1. The number of nitrogens with one attached hydrogen (secondary N) is 1. The zero-order valence-corrected chi connectivity index (χ0v) is 14.7. The fraction of sp³-hybridized carbons (Fsp3) is 0.333. The lowest BCUT2D eigenvalue weighted by molar-refractivity contribution is -0.109. The van der Waals surface area contributed by atoms with E-state index in [9.17, 15) is 9.90 Å². The summed E-state index contributed by atoms with van der Waals surface area (Å²) in [6, 6.07) is 5.28. The Morgan fingerprint density at radius 1 is 1.28 bits per heavy atom. The summed E-state index contributed by atoms with van der Waals surface area (Å²) in [4.78, 5) is 15.7. The Morgan fingerprint density at radius 3 is 2.64 bits per heavy atom. The van der Waals surface area contributed by atoms with Gasteiger partial charge in [-0.15, -0.1) is 0 Å². The molecule has 7 heteroatoms. The number of aliphatic hydroxyl groups is 2. The van der Waals surface area contributed by atoms with Crippen LogP contribution in [0.15, 0.2) is 46.8 Å². The van der Waals surface area contributed by atoms with Gasteiger partial charge in [-0.25, -0.2) is 0 Å². The molecule has 0 aliphatic heterocycles. The maximum atomic E-state index is 11.7. The molecule has 0 spiro atoms. The van der Waals surface area contributed by atoms with Gasteiger partial charge in [0.2, 0.25) is 5.78 Å². The molecule has 0 aromatic heterocycles. The molecule has 136 valence electrons. The number of aliphatic imine (C=N–C) groups is 1. The molecule has 5 N–H and O–H groups in total. The summed E-state index contributed by atoms with van der Waals surface area (Å²) >= 11 is 0. The molecule has 0 amide bonds. The highest BCUT2D eigenvalue weighted by Gasteiger charge is 2.18. The van der Waals surface area contributed by atoms with Crippen LogP contribution < -0.4 is 11.1 Å². The Morgan fingerprint density at radius 2 is 2.00 bits per heavy atom. The molecule has 2 rings (SSSR count). The maximum absolute atomic E-state index is 11.7. The van der Waals surface area contributed by atoms with Crippen LogP contribution in [0.5, 0.6) is 0 Å². The average Bonchev–Trinajstić information content (AvgIpc) is 2.61. The van der Waals surface area contributed by atoms with Crippen LogP contribution in [0.4, 0.5) is 11.4 Å². The molecule has 25 heavy (non-hydrogen) atoms. The minimum Gasteiger partial charge on any atom is -0.506 e. The molecule has 0 radical (unpaired) electrons. The summed E-state index contributed by atoms with van der Waals surface area (Å²) in [7, 11) is 1.58. The Balaban J connectivity index is 0.00000151. The van der Waals surface area contributed by atoms with Gasteiger partial charge >= 0.3 is 0 Å². The third-order valence-electron chi connectivity index (χ3n) is 3.18. The third kappa shape index (κ3) is 5.74. The van der Waals surface area contributed by atoms with Gasteiger partial charge in [0.1, 0.15) is 11.5 Å². The second kappa shape index (κ2) is 10.3. The fourth-order valence-electron chi connectivity index (χ4n) is 2.07. The van der Waals surface area contributed by atoms with E-state index in [1.165, 1.54) is 6.08 Å². The molecule has 0 bridgehead atoms. The Bertz CT molecular complexity index is 694. The van der Waals surface area contributed by atoms with Gasteiger partial charge in [-0.2, -0.15) is 0 Å². The summed E-state index contributed by atoms with van der Waals surface area (Å²) in [5.74, 6) is -0.582. The number of allylic oxidation sites excluding steroid dienone is 2. The van der Waals surface area contributed by atoms with E-state index < -0.39 is 5.78 Å². The number of anilines is 2. The Labute approximate surface area is 147 Å². The lowest BCUT2D eigenvalue weighted by atomic mass is 10.1. The van der Waals surface area contributed by atoms with E-state index in [0.717, 1.165) is 11.6 Å². The topological polar surface area (TPSA) is 117 Å². The van der Waals surface area contributed by atoms with E-state index in [2.05, 4.69) is 10.3 Å². The number of methoxy groups -OCH3 is 1. The maximum Gasteiger partial charge on any atom is 0.207 e. The van der Waals surface area contributed by atoms with Crippen molar-refractivity contribution >= 4 is 22.9 Å². The number of ether oxygens (including phenoxy) is 1. The van der Waals surface area contributed by atoms with Crippen LogP contribution in [0, 0.1) is 0 Å². The van der Waals surface area contributed by atoms with Crippen molar-refractivity contribution in [2.45, 2.75) is 20.5 Å². The monoisotopic (exact) mass is 347 g/mol. The van der Waals surface area contributed by atoms with E-state index in [1.54, 1.807) is 25.3 Å². The molecule has 1 aliphatic rings. The quantitative estimate of drug-likeness (QED) is 0.463. The van der Waals surface area contributed by atoms with E-state index in [0.29, 0.717) is 23.7 Å². The minimum atomic E-state index is -0.404. The van der Waals surface area contributed by atoms with Crippen molar-refractivity contribution in [2.75, 3.05) is 31.3 Å². The van der Waals surface area contributed by atoms with Crippen LogP contribution in [0.25, 0.3) is 0 Å². The number of carbonyl (C=O) groups is 1. The van der Waals surface area contributed by atoms with Crippen LogP contribution >= 0.6 is 0 Å². The van der Waals surface area contributed by atoms with Crippen LogP contribution in [0.1, 0.15) is 19.4 Å². The van der Waals surface area contributed by atoms with Crippen LogP contribution in [-0.4, -0.2) is 42.0 Å². The molecular formula is C18H25N3O4. The number of hydrogen-bond donors (Lipinski definition) is 4. The average molecular weight is 347 g/mol. The first-order chi connectivity index (χ1) is 12.0. The molecule has 0 saturated carbocycles. The molecule has 0 unspecified atom stereocenters. The molecule has 1 aromatic carbocycles. The first-order valence-corrected chi connectivity index (χ1v) is 8.02. The number of benzene rings is 1. The van der Waals surface area contributed by atoms with Crippen molar-refractivity contribution < 1.29 is 19.7 Å². The third-order valence-corrected chi connectivity index (χ3v) is 3.18. The zero-order valence-electron chi connectivity index (χ0n) is 14.7. The molecule has 7 nitrogen and oxygen atoms in total. The summed E-state index contributed by atoms with van der Waals surface area (Å²) in [6.45, 7) is 4.34. The van der Waals surface area contributed by atoms with Crippen LogP contribution in [-0.2, 0) is 16.1 Å². The van der Waals surface area contributed by atoms with Gasteiger partial charge in [-0.3, -0.25) is 9.79 Å². The molecule has 0 fully saturated rings. The Kier molecular flexibility index (Phi) is 8.38. The number of aliphatic hydroxyl groups excluding tert-OH is 2. The fourth-order valence-corrected chi connectivity index (χ4v) is 2.07. The lowest BCUT2D eigenvalue weighted by Gasteiger charge is -2.16. The molecule has 0 heterocycles. The van der Waals surface area contributed by atoms with Gasteiger partial charge in [-0.05, 0) is 24.3 Å². The highest BCUT2D eigenvalue weighted by Crippen LogP contribution is 2.22. The minimum absolute atomic E-state index is 0.124. The van der Waals surface area contributed by atoms with Gasteiger partial charge in [0.05, 0.1) is 25.5 Å². The van der Waals surface area contributed by atoms with Crippen LogP contribution in [0.2, 0.25) is 0 Å². The molecular weight excluding hydrogens is 322 g/mol. The number of carbonyl (C=O) groups excluding carboxylic acids is 1. The van der Waals surface area contributed by atoms with E-state index in [-0.39, 0.29) is 24.6 Å². The first kappa shape index (κ1) is 20.4. The van der Waals surface area contributed by atoms with E-state index in [1.807, 2.05) is 13.8 Å². The number of ketones is 1. The van der Waals surface area contributed by atoms with Crippen molar-refractivity contribution in [3.8, 4) is 0 Å². The summed E-state index contributed by atoms with van der Waals surface area (Å²) in [5, 5.41) is 21.7. The second-order valence-corrected chi connectivity index (χ2v) is 4.91. The second-order valence-electron chi connectivity index (χ2n) is 4.91. The smallest absolute Gasteiger partial charge is 0.207 e. The normalized spacial score (nSPS) is 15.2. The SMILES string of the molecule is CC.COCc1cc(NC2=CC(=NCCO)C(=O)C=C2O)ccc1N. The number of hydrogen-bond acceptors (Lipinski definition) is 7. The molecule has 0 atom stereocenters. The van der Waals surface area contributed by atoms with Gasteiger partial charge in [-0.1, -0.05) is 13.8 Å². The first-order valence-electron chi connectivity index (χ1n) is 8.02. The predicted octanol–water partition coefficient (Wildman–Crippen LogP) is 2.20. The Hall–Kier alpha value is -2.64. The zero-order chi connectivity index (χ0) is 18.8. The molecule has 0 saturated heterocycles. The number of rotatable bonds is 6. The summed E-state index contributed by atoms with van der Waals surface area (Å²) in [6.07, 6.45) is 2.53. The molecule has 1 aromatic rings. The number of nitrogens with two attached hydrogens (primary N) is 1. The highest BCUT2D eigenvalue weighted by atomic mass is 16.5. The van der Waals surface area contributed by atoms with Gasteiger partial charge < -0.3 is 26.0 Å². The van der Waals surface area contributed by atoms with Crippen LogP contribution in [0.3, 0.4) is 0 Å². The van der Waals surface area contributed by atoms with Crippen molar-refractivity contribution in [1.29, 1.82) is 0 Å².